The maximum atomic E-state index is 12.2. The largest absolute Gasteiger partial charge is 0.345 e. The molecule has 0 aliphatic rings. The summed E-state index contributed by atoms with van der Waals surface area (Å²) in [5.41, 5.74) is 0.314. The normalized spacial score (nSPS) is 10.5. The molecule has 0 N–H and O–H groups in total. The Hall–Kier alpha value is -2.69. The van der Waals surface area contributed by atoms with Gasteiger partial charge in [0, 0.05) is 33.6 Å². The van der Waals surface area contributed by atoms with E-state index in [0.29, 0.717) is 24.0 Å². The van der Waals surface area contributed by atoms with Crippen LogP contribution in [0.5, 0.6) is 0 Å². The highest BCUT2D eigenvalue weighted by Crippen LogP contribution is 2.03. The van der Waals surface area contributed by atoms with E-state index in [9.17, 15) is 9.59 Å². The van der Waals surface area contributed by atoms with Crippen molar-refractivity contribution in [1.29, 1.82) is 5.26 Å². The Morgan fingerprint density at radius 3 is 3.00 bits per heavy atom. The summed E-state index contributed by atoms with van der Waals surface area (Å²) in [5, 5.41) is 12.9. The van der Waals surface area contributed by atoms with Crippen molar-refractivity contribution in [2.24, 2.45) is 7.05 Å². The van der Waals surface area contributed by atoms with Gasteiger partial charge in [-0.3, -0.25) is 18.8 Å². The van der Waals surface area contributed by atoms with Crippen LogP contribution in [0.3, 0.4) is 0 Å². The minimum absolute atomic E-state index is 0.108. The molecule has 110 valence electrons. The molecule has 0 atom stereocenters. The van der Waals surface area contributed by atoms with Crippen LogP contribution in [0.15, 0.2) is 17.3 Å². The smallest absolute Gasteiger partial charge is 0.264 e. The number of amides is 1. The molecule has 0 aromatic carbocycles. The van der Waals surface area contributed by atoms with Gasteiger partial charge in [0.2, 0.25) is 5.91 Å². The number of nitriles is 1. The van der Waals surface area contributed by atoms with Crippen molar-refractivity contribution in [2.75, 3.05) is 13.6 Å². The summed E-state index contributed by atoms with van der Waals surface area (Å²) >= 11 is 0. The number of fused-ring (bicyclic) bond motifs is 1. The Kier molecular flexibility index (Phi) is 4.33. The van der Waals surface area contributed by atoms with Gasteiger partial charge in [-0.1, -0.05) is 0 Å². The first kappa shape index (κ1) is 14.7. The second-order valence-electron chi connectivity index (χ2n) is 4.72. The van der Waals surface area contributed by atoms with Crippen molar-refractivity contribution in [3.63, 3.8) is 0 Å². The first-order valence-corrected chi connectivity index (χ1v) is 6.52. The molecular weight excluding hydrogens is 272 g/mol. The van der Waals surface area contributed by atoms with Gasteiger partial charge in [0.15, 0.2) is 5.65 Å². The van der Waals surface area contributed by atoms with Gasteiger partial charge in [-0.05, 0) is 0 Å². The van der Waals surface area contributed by atoms with Crippen molar-refractivity contribution in [1.82, 2.24) is 24.2 Å². The Labute approximate surface area is 121 Å². The highest BCUT2D eigenvalue weighted by Gasteiger charge is 2.11. The molecule has 2 rings (SSSR count). The highest BCUT2D eigenvalue weighted by atomic mass is 16.2. The third-order valence-corrected chi connectivity index (χ3v) is 3.27. The third-order valence-electron chi connectivity index (χ3n) is 3.27. The summed E-state index contributed by atoms with van der Waals surface area (Å²) in [6.45, 7) is 0.649. The molecule has 0 fully saturated rings. The van der Waals surface area contributed by atoms with Crippen molar-refractivity contribution < 1.29 is 4.79 Å². The minimum atomic E-state index is -0.208. The summed E-state index contributed by atoms with van der Waals surface area (Å²) in [5.74, 6) is -0.108. The fraction of sp³-hybridized carbons (Fsp3) is 0.462. The lowest BCUT2D eigenvalue weighted by molar-refractivity contribution is -0.130. The Morgan fingerprint density at radius 2 is 2.29 bits per heavy atom. The summed E-state index contributed by atoms with van der Waals surface area (Å²) in [4.78, 5) is 29.7. The third kappa shape index (κ3) is 3.08. The lowest BCUT2D eigenvalue weighted by Gasteiger charge is -2.15. The minimum Gasteiger partial charge on any atom is -0.345 e. The van der Waals surface area contributed by atoms with E-state index in [-0.39, 0.29) is 24.4 Å². The van der Waals surface area contributed by atoms with Gasteiger partial charge in [0.05, 0.1) is 25.0 Å². The van der Waals surface area contributed by atoms with Crippen LogP contribution in [0, 0.1) is 11.3 Å². The molecule has 2 heterocycles. The molecule has 2 aromatic heterocycles. The second-order valence-corrected chi connectivity index (χ2v) is 4.72. The fourth-order valence-electron chi connectivity index (χ4n) is 1.98. The first-order valence-electron chi connectivity index (χ1n) is 6.52. The lowest BCUT2D eigenvalue weighted by Crippen LogP contribution is -2.30. The number of hydrogen-bond acceptors (Lipinski definition) is 5. The number of carbonyl (C=O) groups is 1. The Balaban J connectivity index is 2.07. The number of nitrogens with zero attached hydrogens (tertiary/aromatic N) is 6. The molecule has 0 radical (unpaired) electrons. The standard InChI is InChI=1S/C13H16N6O2/c1-17(6-3-5-14)11(20)4-7-19-9-15-12-10(13(19)21)8-16-18(12)2/h8-9H,3-4,6-7H2,1-2H3. The van der Waals surface area contributed by atoms with Crippen LogP contribution in [0.1, 0.15) is 12.8 Å². The van der Waals surface area contributed by atoms with E-state index >= 15 is 0 Å². The molecule has 0 aliphatic carbocycles. The molecule has 8 nitrogen and oxygen atoms in total. The molecule has 2 aromatic rings. The first-order chi connectivity index (χ1) is 10.0. The zero-order valence-corrected chi connectivity index (χ0v) is 12.0. The van der Waals surface area contributed by atoms with E-state index in [0.717, 1.165) is 0 Å². The Bertz CT molecular complexity index is 754. The molecule has 1 amide bonds. The number of rotatable bonds is 5. The van der Waals surface area contributed by atoms with Crippen LogP contribution < -0.4 is 5.56 Å². The average Bonchev–Trinajstić information content (AvgIpc) is 2.86. The van der Waals surface area contributed by atoms with E-state index in [1.165, 1.54) is 26.7 Å². The summed E-state index contributed by atoms with van der Waals surface area (Å²) < 4.78 is 2.93. The van der Waals surface area contributed by atoms with Crippen molar-refractivity contribution >= 4 is 16.9 Å². The fourth-order valence-corrected chi connectivity index (χ4v) is 1.98. The molecule has 0 unspecified atom stereocenters. The van der Waals surface area contributed by atoms with Gasteiger partial charge in [0.1, 0.15) is 5.39 Å². The van der Waals surface area contributed by atoms with Gasteiger partial charge in [-0.15, -0.1) is 0 Å². The van der Waals surface area contributed by atoms with E-state index in [1.54, 1.807) is 14.1 Å². The number of hydrogen-bond donors (Lipinski definition) is 0. The van der Waals surface area contributed by atoms with Crippen molar-refractivity contribution in [2.45, 2.75) is 19.4 Å². The molecule has 0 spiro atoms. The summed E-state index contributed by atoms with van der Waals surface area (Å²) in [7, 11) is 3.36. The molecule has 8 heteroatoms. The van der Waals surface area contributed by atoms with Crippen LogP contribution in [-0.4, -0.2) is 43.7 Å². The zero-order valence-electron chi connectivity index (χ0n) is 12.0. The molecule has 21 heavy (non-hydrogen) atoms. The predicted molar refractivity (Wildman–Crippen MR) is 75.3 cm³/mol. The van der Waals surface area contributed by atoms with Crippen LogP contribution in [-0.2, 0) is 18.4 Å². The van der Waals surface area contributed by atoms with E-state index in [1.807, 2.05) is 6.07 Å². The molecule has 0 saturated heterocycles. The molecule has 0 aliphatic heterocycles. The monoisotopic (exact) mass is 288 g/mol. The van der Waals surface area contributed by atoms with Crippen LogP contribution >= 0.6 is 0 Å². The molecular formula is C13H16N6O2. The molecule has 0 saturated carbocycles. The lowest BCUT2D eigenvalue weighted by atomic mass is 10.3. The van der Waals surface area contributed by atoms with Crippen LogP contribution in [0.4, 0.5) is 0 Å². The van der Waals surface area contributed by atoms with Gasteiger partial charge in [-0.25, -0.2) is 4.98 Å². The maximum Gasteiger partial charge on any atom is 0.264 e. The second kappa shape index (κ2) is 6.17. The quantitative estimate of drug-likeness (QED) is 0.765. The summed E-state index contributed by atoms with van der Waals surface area (Å²) in [6.07, 6.45) is 3.39. The van der Waals surface area contributed by atoms with Gasteiger partial charge in [-0.2, -0.15) is 10.4 Å². The number of aromatic nitrogens is 4. The van der Waals surface area contributed by atoms with E-state index in [2.05, 4.69) is 10.1 Å². The van der Waals surface area contributed by atoms with Gasteiger partial charge < -0.3 is 4.90 Å². The van der Waals surface area contributed by atoms with E-state index < -0.39 is 0 Å². The van der Waals surface area contributed by atoms with E-state index in [4.69, 9.17) is 5.26 Å². The van der Waals surface area contributed by atoms with Gasteiger partial charge in [0.25, 0.3) is 5.56 Å². The maximum absolute atomic E-state index is 12.2. The summed E-state index contributed by atoms with van der Waals surface area (Å²) in [6, 6.07) is 1.99. The topological polar surface area (TPSA) is 96.8 Å². The number of carbonyl (C=O) groups excluding carboxylic acids is 1. The predicted octanol–water partition coefficient (Wildman–Crippen LogP) is -0.108. The zero-order chi connectivity index (χ0) is 15.4. The van der Waals surface area contributed by atoms with Crippen LogP contribution in [0.25, 0.3) is 11.0 Å². The number of aryl methyl sites for hydroxylation is 2. The van der Waals surface area contributed by atoms with Crippen LogP contribution in [0.2, 0.25) is 0 Å². The molecule has 0 bridgehead atoms. The van der Waals surface area contributed by atoms with Gasteiger partial charge >= 0.3 is 0 Å². The Morgan fingerprint density at radius 1 is 1.52 bits per heavy atom. The van der Waals surface area contributed by atoms with Crippen molar-refractivity contribution in [3.05, 3.63) is 22.9 Å². The SMILES string of the molecule is CN(CCC#N)C(=O)CCn1cnc2c(cnn2C)c1=O. The average molecular weight is 288 g/mol. The van der Waals surface area contributed by atoms with Crippen molar-refractivity contribution in [3.8, 4) is 6.07 Å². The highest BCUT2D eigenvalue weighted by molar-refractivity contribution is 5.76.